The van der Waals surface area contributed by atoms with Crippen LogP contribution in [-0.4, -0.2) is 17.6 Å². The summed E-state index contributed by atoms with van der Waals surface area (Å²) in [5, 5.41) is 14.7. The Hall–Kier alpha value is -2.63. The molecule has 24 heavy (non-hydrogen) atoms. The highest BCUT2D eigenvalue weighted by Gasteiger charge is 2.15. The molecule has 5 heteroatoms. The minimum atomic E-state index is -0.712. The predicted molar refractivity (Wildman–Crippen MR) is 94.6 cm³/mol. The monoisotopic (exact) mass is 339 g/mol. The van der Waals surface area contributed by atoms with Crippen molar-refractivity contribution in [1.29, 1.82) is 0 Å². The Morgan fingerprint density at radius 1 is 1.04 bits per heavy atom. The number of aliphatic hydroxyl groups excluding tert-OH is 1. The number of thiophene rings is 1. The third kappa shape index (κ3) is 4.01. The smallest absolute Gasteiger partial charge is 0.255 e. The molecule has 3 rings (SSSR count). The number of benzene rings is 2. The zero-order valence-corrected chi connectivity index (χ0v) is 13.7. The van der Waals surface area contributed by atoms with Crippen LogP contribution in [0.2, 0.25) is 0 Å². The lowest BCUT2D eigenvalue weighted by atomic mass is 10.2. The van der Waals surface area contributed by atoms with Crippen LogP contribution in [0.3, 0.4) is 0 Å². The molecule has 2 N–H and O–H groups in total. The minimum Gasteiger partial charge on any atom is -0.457 e. The van der Waals surface area contributed by atoms with Crippen molar-refractivity contribution >= 4 is 17.2 Å². The highest BCUT2D eigenvalue weighted by molar-refractivity contribution is 7.10. The van der Waals surface area contributed by atoms with Crippen molar-refractivity contribution < 1.29 is 14.6 Å². The van der Waals surface area contributed by atoms with Gasteiger partial charge in [-0.2, -0.15) is 0 Å². The molecule has 1 heterocycles. The first-order valence-electron chi connectivity index (χ1n) is 7.55. The fourth-order valence-electron chi connectivity index (χ4n) is 2.22. The van der Waals surface area contributed by atoms with Crippen molar-refractivity contribution in [2.75, 3.05) is 6.54 Å². The van der Waals surface area contributed by atoms with Gasteiger partial charge in [0.05, 0.1) is 5.56 Å². The third-order valence-electron chi connectivity index (χ3n) is 3.43. The van der Waals surface area contributed by atoms with Gasteiger partial charge in [0.2, 0.25) is 0 Å². The summed E-state index contributed by atoms with van der Waals surface area (Å²) in [6, 6.07) is 20.1. The molecule has 0 aliphatic heterocycles. The van der Waals surface area contributed by atoms with Crippen molar-refractivity contribution in [3.63, 3.8) is 0 Å². The van der Waals surface area contributed by atoms with Gasteiger partial charge in [-0.25, -0.2) is 0 Å². The molecule has 0 aliphatic carbocycles. The quantitative estimate of drug-likeness (QED) is 0.713. The summed E-state index contributed by atoms with van der Waals surface area (Å²) in [5.74, 6) is 0.861. The molecule has 0 aliphatic rings. The first kappa shape index (κ1) is 16.2. The van der Waals surface area contributed by atoms with E-state index < -0.39 is 6.10 Å². The van der Waals surface area contributed by atoms with Crippen molar-refractivity contribution in [2.45, 2.75) is 6.10 Å². The summed E-state index contributed by atoms with van der Waals surface area (Å²) in [4.78, 5) is 13.3. The zero-order chi connectivity index (χ0) is 16.8. The van der Waals surface area contributed by atoms with E-state index in [1.165, 1.54) is 11.3 Å². The predicted octanol–water partition coefficient (Wildman–Crippen LogP) is 4.00. The first-order chi connectivity index (χ1) is 11.7. The number of aliphatic hydroxyl groups is 1. The number of hydrogen-bond acceptors (Lipinski definition) is 4. The van der Waals surface area contributed by atoms with Gasteiger partial charge in [-0.15, -0.1) is 11.3 Å². The maximum absolute atomic E-state index is 12.4. The average molecular weight is 339 g/mol. The Bertz CT molecular complexity index is 787. The highest BCUT2D eigenvalue weighted by Crippen LogP contribution is 2.25. The van der Waals surface area contributed by atoms with Crippen LogP contribution in [0, 0.1) is 0 Å². The molecular formula is C19H17NO3S. The van der Waals surface area contributed by atoms with Crippen molar-refractivity contribution in [3.05, 3.63) is 82.6 Å². The Balaban J connectivity index is 1.68. The maximum atomic E-state index is 12.4. The fourth-order valence-corrected chi connectivity index (χ4v) is 2.94. The molecular weight excluding hydrogens is 322 g/mol. The summed E-state index contributed by atoms with van der Waals surface area (Å²) in [6.45, 7) is 0.152. The molecule has 1 amide bonds. The molecule has 0 saturated carbocycles. The normalized spacial score (nSPS) is 11.7. The van der Waals surface area contributed by atoms with E-state index in [2.05, 4.69) is 5.32 Å². The lowest BCUT2D eigenvalue weighted by Crippen LogP contribution is -2.28. The topological polar surface area (TPSA) is 58.6 Å². The van der Waals surface area contributed by atoms with Crippen LogP contribution in [0.25, 0.3) is 0 Å². The number of amides is 1. The lowest BCUT2D eigenvalue weighted by molar-refractivity contribution is 0.0915. The molecule has 0 saturated heterocycles. The SMILES string of the molecule is O=C(NC[C@H](O)c1cccs1)c1ccccc1Oc1ccccc1. The number of para-hydroxylation sites is 2. The van der Waals surface area contributed by atoms with E-state index in [1.807, 2.05) is 53.9 Å². The summed E-state index contributed by atoms with van der Waals surface area (Å²) in [7, 11) is 0. The fraction of sp³-hybridized carbons (Fsp3) is 0.105. The van der Waals surface area contributed by atoms with E-state index in [1.54, 1.807) is 18.2 Å². The van der Waals surface area contributed by atoms with Crippen LogP contribution in [0.15, 0.2) is 72.1 Å². The lowest BCUT2D eigenvalue weighted by Gasteiger charge is -2.13. The van der Waals surface area contributed by atoms with Gasteiger partial charge in [0.25, 0.3) is 5.91 Å². The first-order valence-corrected chi connectivity index (χ1v) is 8.43. The van der Waals surface area contributed by atoms with Crippen LogP contribution >= 0.6 is 11.3 Å². The molecule has 3 aromatic rings. The van der Waals surface area contributed by atoms with Gasteiger partial charge in [0.1, 0.15) is 17.6 Å². The molecule has 0 bridgehead atoms. The number of carbonyl (C=O) groups is 1. The second-order valence-electron chi connectivity index (χ2n) is 5.15. The number of carbonyl (C=O) groups excluding carboxylic acids is 1. The van der Waals surface area contributed by atoms with Crippen LogP contribution < -0.4 is 10.1 Å². The summed E-state index contributed by atoms with van der Waals surface area (Å²) in [5.41, 5.74) is 0.430. The van der Waals surface area contributed by atoms with E-state index in [9.17, 15) is 9.90 Å². The number of ether oxygens (including phenoxy) is 1. The standard InChI is InChI=1S/C19H17NO3S/c21-16(18-11-6-12-24-18)13-20-19(22)15-9-4-5-10-17(15)23-14-7-2-1-3-8-14/h1-12,16,21H,13H2,(H,20,22)/t16-/m0/s1. The van der Waals surface area contributed by atoms with E-state index in [4.69, 9.17) is 4.74 Å². The third-order valence-corrected chi connectivity index (χ3v) is 4.40. The zero-order valence-electron chi connectivity index (χ0n) is 12.9. The van der Waals surface area contributed by atoms with E-state index in [0.29, 0.717) is 17.1 Å². The number of hydrogen-bond donors (Lipinski definition) is 2. The molecule has 0 fully saturated rings. The van der Waals surface area contributed by atoms with E-state index in [0.717, 1.165) is 4.88 Å². The second kappa shape index (κ2) is 7.77. The van der Waals surface area contributed by atoms with Gasteiger partial charge in [-0.3, -0.25) is 4.79 Å². The molecule has 1 atom stereocenters. The minimum absolute atomic E-state index is 0.152. The van der Waals surface area contributed by atoms with Gasteiger partial charge in [0.15, 0.2) is 0 Å². The summed E-state index contributed by atoms with van der Waals surface area (Å²) in [6.07, 6.45) is -0.712. The van der Waals surface area contributed by atoms with Crippen molar-refractivity contribution in [1.82, 2.24) is 5.32 Å². The molecule has 4 nitrogen and oxygen atoms in total. The Kier molecular flexibility index (Phi) is 5.25. The van der Waals surface area contributed by atoms with Gasteiger partial charge in [0, 0.05) is 11.4 Å². The van der Waals surface area contributed by atoms with Crippen molar-refractivity contribution in [2.24, 2.45) is 0 Å². The van der Waals surface area contributed by atoms with Crippen LogP contribution in [0.5, 0.6) is 11.5 Å². The van der Waals surface area contributed by atoms with Gasteiger partial charge < -0.3 is 15.2 Å². The summed E-state index contributed by atoms with van der Waals surface area (Å²) >= 11 is 1.46. The maximum Gasteiger partial charge on any atom is 0.255 e. The van der Waals surface area contributed by atoms with Gasteiger partial charge in [-0.05, 0) is 35.7 Å². The van der Waals surface area contributed by atoms with E-state index in [-0.39, 0.29) is 12.5 Å². The van der Waals surface area contributed by atoms with Crippen LogP contribution in [0.4, 0.5) is 0 Å². The van der Waals surface area contributed by atoms with E-state index >= 15 is 0 Å². The molecule has 2 aromatic carbocycles. The summed E-state index contributed by atoms with van der Waals surface area (Å²) < 4.78 is 5.79. The molecule has 0 spiro atoms. The average Bonchev–Trinajstić information content (AvgIpc) is 3.15. The molecule has 1 aromatic heterocycles. The number of rotatable bonds is 6. The van der Waals surface area contributed by atoms with Crippen LogP contribution in [0.1, 0.15) is 21.3 Å². The Morgan fingerprint density at radius 2 is 1.79 bits per heavy atom. The molecule has 0 radical (unpaired) electrons. The molecule has 0 unspecified atom stereocenters. The van der Waals surface area contributed by atoms with Crippen molar-refractivity contribution in [3.8, 4) is 11.5 Å². The largest absolute Gasteiger partial charge is 0.457 e. The van der Waals surface area contributed by atoms with Gasteiger partial charge in [-0.1, -0.05) is 36.4 Å². The van der Waals surface area contributed by atoms with Crippen LogP contribution in [-0.2, 0) is 0 Å². The second-order valence-corrected chi connectivity index (χ2v) is 6.13. The highest BCUT2D eigenvalue weighted by atomic mass is 32.1. The molecule has 122 valence electrons. The van der Waals surface area contributed by atoms with Gasteiger partial charge >= 0.3 is 0 Å². The Labute approximate surface area is 144 Å². The number of nitrogens with one attached hydrogen (secondary N) is 1. The Morgan fingerprint density at radius 3 is 2.54 bits per heavy atom.